The van der Waals surface area contributed by atoms with Crippen LogP contribution >= 0.6 is 0 Å². The average Bonchev–Trinajstić information content (AvgIpc) is 1.63. The second kappa shape index (κ2) is 3.22. The lowest BCUT2D eigenvalue weighted by Gasteiger charge is -1.96. The van der Waals surface area contributed by atoms with Gasteiger partial charge < -0.3 is 5.11 Å². The highest BCUT2D eigenvalue weighted by atomic mass is 16.4. The van der Waals surface area contributed by atoms with Gasteiger partial charge in [-0.2, -0.15) is 0 Å². The van der Waals surface area contributed by atoms with E-state index in [0.717, 1.165) is 0 Å². The fourth-order valence-corrected chi connectivity index (χ4v) is 0.404. The molecular formula is C6H9O3. The van der Waals surface area contributed by atoms with Gasteiger partial charge in [-0.25, -0.2) is 4.79 Å². The predicted molar refractivity (Wildman–Crippen MR) is 31.8 cm³/mol. The van der Waals surface area contributed by atoms with Crippen molar-refractivity contribution in [3.8, 4) is 0 Å². The highest BCUT2D eigenvalue weighted by Gasteiger charge is 2.11. The molecule has 3 heteroatoms. The topological polar surface area (TPSA) is 54.4 Å². The van der Waals surface area contributed by atoms with Gasteiger partial charge in [0.25, 0.3) is 0 Å². The Morgan fingerprint density at radius 2 is 2.11 bits per heavy atom. The summed E-state index contributed by atoms with van der Waals surface area (Å²) in [5.74, 6) is -2.25. The van der Waals surface area contributed by atoms with Crippen LogP contribution in [0.3, 0.4) is 0 Å². The average molecular weight is 129 g/mol. The van der Waals surface area contributed by atoms with E-state index in [2.05, 4.69) is 6.92 Å². The second-order valence-electron chi connectivity index (χ2n) is 2.04. The number of ketones is 1. The van der Waals surface area contributed by atoms with Crippen molar-refractivity contribution in [3.05, 3.63) is 6.92 Å². The van der Waals surface area contributed by atoms with Gasteiger partial charge in [0, 0.05) is 6.42 Å². The molecule has 9 heavy (non-hydrogen) atoms. The van der Waals surface area contributed by atoms with Crippen LogP contribution in [0, 0.1) is 12.8 Å². The zero-order valence-corrected chi connectivity index (χ0v) is 5.26. The number of hydrogen-bond donors (Lipinski definition) is 1. The third-order valence-electron chi connectivity index (χ3n) is 0.772. The molecule has 1 radical (unpaired) electrons. The molecule has 3 nitrogen and oxygen atoms in total. The first kappa shape index (κ1) is 8.14. The van der Waals surface area contributed by atoms with Crippen molar-refractivity contribution < 1.29 is 14.7 Å². The molecule has 1 atom stereocenters. The molecule has 0 aromatic carbocycles. The van der Waals surface area contributed by atoms with Gasteiger partial charge >= 0.3 is 5.97 Å². The van der Waals surface area contributed by atoms with Crippen LogP contribution in [0.15, 0.2) is 0 Å². The number of carboxylic acid groups (broad SMARTS) is 1. The third kappa shape index (κ3) is 3.70. The van der Waals surface area contributed by atoms with Gasteiger partial charge in [-0.1, -0.05) is 13.8 Å². The largest absolute Gasteiger partial charge is 0.476 e. The summed E-state index contributed by atoms with van der Waals surface area (Å²) in [6.07, 6.45) is 0.0231. The summed E-state index contributed by atoms with van der Waals surface area (Å²) in [5.41, 5.74) is 0. The molecule has 0 spiro atoms. The number of carbonyl (C=O) groups is 2. The highest BCUT2D eigenvalue weighted by molar-refractivity contribution is 6.32. The second-order valence-corrected chi connectivity index (χ2v) is 2.04. The fraction of sp³-hybridized carbons (Fsp3) is 0.500. The van der Waals surface area contributed by atoms with E-state index in [0.29, 0.717) is 0 Å². The van der Waals surface area contributed by atoms with Crippen LogP contribution in [0.4, 0.5) is 0 Å². The summed E-state index contributed by atoms with van der Waals surface area (Å²) >= 11 is 0. The lowest BCUT2D eigenvalue weighted by molar-refractivity contribution is -0.149. The molecule has 1 unspecified atom stereocenters. The van der Waals surface area contributed by atoms with Gasteiger partial charge in [-0.05, 0) is 5.92 Å². The maximum Gasteiger partial charge on any atom is 0.372 e. The summed E-state index contributed by atoms with van der Waals surface area (Å²) in [6.45, 7) is 5.17. The van der Waals surface area contributed by atoms with Gasteiger partial charge in [-0.3, -0.25) is 4.79 Å². The minimum absolute atomic E-state index is 0.0231. The van der Waals surface area contributed by atoms with Gasteiger partial charge in [0.2, 0.25) is 5.78 Å². The fourth-order valence-electron chi connectivity index (χ4n) is 0.404. The summed E-state index contributed by atoms with van der Waals surface area (Å²) < 4.78 is 0. The molecule has 0 aliphatic rings. The van der Waals surface area contributed by atoms with Crippen molar-refractivity contribution in [1.29, 1.82) is 0 Å². The standard InChI is InChI=1S/C6H9O3/c1-4(2)3-5(7)6(8)9/h4H,1,3H2,2H3,(H,8,9). The first-order chi connectivity index (χ1) is 4.04. The van der Waals surface area contributed by atoms with Crippen LogP contribution < -0.4 is 0 Å². The van der Waals surface area contributed by atoms with Crippen molar-refractivity contribution in [3.63, 3.8) is 0 Å². The molecule has 0 aromatic heterocycles. The molecule has 0 aliphatic heterocycles. The van der Waals surface area contributed by atoms with E-state index >= 15 is 0 Å². The monoisotopic (exact) mass is 129 g/mol. The molecule has 1 N–H and O–H groups in total. The lowest BCUT2D eigenvalue weighted by Crippen LogP contribution is -2.14. The van der Waals surface area contributed by atoms with Gasteiger partial charge in [0.15, 0.2) is 0 Å². The van der Waals surface area contributed by atoms with E-state index < -0.39 is 11.8 Å². The van der Waals surface area contributed by atoms with Gasteiger partial charge in [0.05, 0.1) is 0 Å². The third-order valence-corrected chi connectivity index (χ3v) is 0.772. The van der Waals surface area contributed by atoms with Crippen molar-refractivity contribution in [1.82, 2.24) is 0 Å². The Labute approximate surface area is 53.7 Å². The minimum atomic E-state index is -1.37. The molecular weight excluding hydrogens is 120 g/mol. The van der Waals surface area contributed by atoms with Crippen LogP contribution in [0.2, 0.25) is 0 Å². The SMILES string of the molecule is [CH2]C(C)CC(=O)C(=O)O. The molecule has 0 amide bonds. The Morgan fingerprint density at radius 3 is 2.22 bits per heavy atom. The number of rotatable bonds is 3. The van der Waals surface area contributed by atoms with E-state index in [1.165, 1.54) is 0 Å². The number of Topliss-reactive ketones (excluding diaryl/α,β-unsaturated/α-hetero) is 1. The van der Waals surface area contributed by atoms with E-state index in [4.69, 9.17) is 5.11 Å². The van der Waals surface area contributed by atoms with Crippen LogP contribution in [0.1, 0.15) is 13.3 Å². The van der Waals surface area contributed by atoms with E-state index in [9.17, 15) is 9.59 Å². The van der Waals surface area contributed by atoms with Crippen LogP contribution in [0.25, 0.3) is 0 Å². The number of aliphatic carboxylic acids is 1. The Hall–Kier alpha value is -0.860. The number of carbonyl (C=O) groups excluding carboxylic acids is 1. The van der Waals surface area contributed by atoms with Crippen LogP contribution in [-0.4, -0.2) is 16.9 Å². The summed E-state index contributed by atoms with van der Waals surface area (Å²) in [4.78, 5) is 20.2. The van der Waals surface area contributed by atoms with Gasteiger partial charge in [-0.15, -0.1) is 0 Å². The molecule has 0 saturated heterocycles. The first-order valence-corrected chi connectivity index (χ1v) is 2.63. The zero-order chi connectivity index (χ0) is 7.44. The Bertz CT molecular complexity index is 126. The maximum absolute atomic E-state index is 10.3. The summed E-state index contributed by atoms with van der Waals surface area (Å²) in [7, 11) is 0. The molecule has 0 bridgehead atoms. The minimum Gasteiger partial charge on any atom is -0.476 e. The molecule has 0 rings (SSSR count). The Kier molecular flexibility index (Phi) is 2.91. The smallest absolute Gasteiger partial charge is 0.372 e. The van der Waals surface area contributed by atoms with Crippen molar-refractivity contribution in [2.45, 2.75) is 13.3 Å². The Balaban J connectivity index is 3.65. The van der Waals surface area contributed by atoms with Crippen LogP contribution in [-0.2, 0) is 9.59 Å². The predicted octanol–water partition coefficient (Wildman–Crippen LogP) is 0.500. The lowest BCUT2D eigenvalue weighted by atomic mass is 10.1. The number of carboxylic acids is 1. The highest BCUT2D eigenvalue weighted by Crippen LogP contribution is 1.98. The van der Waals surface area contributed by atoms with Crippen molar-refractivity contribution >= 4 is 11.8 Å². The van der Waals surface area contributed by atoms with Crippen LogP contribution in [0.5, 0.6) is 0 Å². The first-order valence-electron chi connectivity index (χ1n) is 2.63. The van der Waals surface area contributed by atoms with E-state index in [-0.39, 0.29) is 12.3 Å². The normalized spacial score (nSPS) is 9.67. The molecule has 0 heterocycles. The molecule has 0 aliphatic carbocycles. The Morgan fingerprint density at radius 1 is 1.67 bits per heavy atom. The van der Waals surface area contributed by atoms with E-state index in [1.807, 2.05) is 0 Å². The molecule has 0 aromatic rings. The van der Waals surface area contributed by atoms with Gasteiger partial charge in [0.1, 0.15) is 0 Å². The quantitative estimate of drug-likeness (QED) is 0.564. The summed E-state index contributed by atoms with van der Waals surface area (Å²) in [6, 6.07) is 0. The number of hydrogen-bond acceptors (Lipinski definition) is 2. The zero-order valence-electron chi connectivity index (χ0n) is 5.26. The summed E-state index contributed by atoms with van der Waals surface area (Å²) in [5, 5.41) is 8.05. The molecule has 0 saturated carbocycles. The molecule has 0 fully saturated rings. The molecule has 51 valence electrons. The van der Waals surface area contributed by atoms with E-state index in [1.54, 1.807) is 6.92 Å². The maximum atomic E-state index is 10.3. The van der Waals surface area contributed by atoms with Crippen molar-refractivity contribution in [2.24, 2.45) is 5.92 Å². The van der Waals surface area contributed by atoms with Crippen molar-refractivity contribution in [2.75, 3.05) is 0 Å².